The summed E-state index contributed by atoms with van der Waals surface area (Å²) in [5.74, 6) is 0.763. The maximum Gasteiger partial charge on any atom is 0.227 e. The Labute approximate surface area is 191 Å². The first-order valence-corrected chi connectivity index (χ1v) is 12.1. The molecule has 0 bridgehead atoms. The van der Waals surface area contributed by atoms with E-state index in [-0.39, 0.29) is 11.8 Å². The number of aromatic amines is 1. The molecule has 1 amide bonds. The molecule has 0 aromatic heterocycles. The van der Waals surface area contributed by atoms with Crippen molar-refractivity contribution in [1.82, 2.24) is 20.2 Å². The van der Waals surface area contributed by atoms with Gasteiger partial charge >= 0.3 is 0 Å². The smallest absolute Gasteiger partial charge is 0.227 e. The number of carbonyl (C=O) groups excluding carboxylic acids is 1. The average Bonchev–Trinajstić information content (AvgIpc) is 3.38. The molecule has 4 aliphatic rings. The highest BCUT2D eigenvalue weighted by atomic mass is 16.1. The maximum atomic E-state index is 13.2. The zero-order chi connectivity index (χ0) is 22.1. The van der Waals surface area contributed by atoms with Crippen molar-refractivity contribution in [3.8, 4) is 11.3 Å². The highest BCUT2D eigenvalue weighted by Gasteiger charge is 2.36. The summed E-state index contributed by atoms with van der Waals surface area (Å²) in [5.41, 5.74) is 7.21. The van der Waals surface area contributed by atoms with Crippen LogP contribution in [0.25, 0.3) is 11.3 Å². The van der Waals surface area contributed by atoms with Crippen molar-refractivity contribution in [3.05, 3.63) is 65.1 Å². The molecule has 168 valence electrons. The predicted octanol–water partition coefficient (Wildman–Crippen LogP) is 4.52. The van der Waals surface area contributed by atoms with Crippen LogP contribution in [-0.2, 0) is 24.2 Å². The second kappa shape index (κ2) is 9.07. The van der Waals surface area contributed by atoms with Crippen LogP contribution in [0.15, 0.2) is 42.7 Å². The number of amides is 1. The second-order valence-electron chi connectivity index (χ2n) is 9.86. The van der Waals surface area contributed by atoms with Crippen molar-refractivity contribution in [2.24, 2.45) is 5.92 Å². The number of aryl methyl sites for hydroxylation is 1. The molecule has 1 fully saturated rings. The van der Waals surface area contributed by atoms with Gasteiger partial charge in [0.2, 0.25) is 5.91 Å². The van der Waals surface area contributed by atoms with Crippen molar-refractivity contribution < 1.29 is 4.79 Å². The minimum atomic E-state index is -0.0768. The van der Waals surface area contributed by atoms with E-state index in [1.165, 1.54) is 48.1 Å². The summed E-state index contributed by atoms with van der Waals surface area (Å²) in [5, 5.41) is 3.18. The Balaban J connectivity index is 1.34. The standard InChI is InChI=1S/C27H34N4O/c1-31(2)21-11-8-18(9-12-21)14-23-26-24(30-17-29-23)15-20-10-13-22(25(20)26)27(32)28-16-19-6-4-3-5-7-19/h3-7,15,17-18,21-22H,8-14,16H2,1-2H3,(H,28,32)(H,29,30). The van der Waals surface area contributed by atoms with Gasteiger partial charge in [-0.1, -0.05) is 30.3 Å². The Morgan fingerprint density at radius 2 is 1.91 bits per heavy atom. The van der Waals surface area contributed by atoms with Gasteiger partial charge in [-0.25, -0.2) is 4.98 Å². The van der Waals surface area contributed by atoms with Crippen LogP contribution in [0.2, 0.25) is 0 Å². The van der Waals surface area contributed by atoms with Crippen LogP contribution in [-0.4, -0.2) is 40.9 Å². The summed E-state index contributed by atoms with van der Waals surface area (Å²) in [7, 11) is 4.39. The summed E-state index contributed by atoms with van der Waals surface area (Å²) >= 11 is 0. The Bertz CT molecular complexity index is 1030. The van der Waals surface area contributed by atoms with Crippen LogP contribution in [0.5, 0.6) is 0 Å². The van der Waals surface area contributed by atoms with Gasteiger partial charge in [0.25, 0.3) is 0 Å². The van der Waals surface area contributed by atoms with Crippen molar-refractivity contribution in [2.75, 3.05) is 14.1 Å². The van der Waals surface area contributed by atoms with E-state index in [2.05, 4.69) is 52.5 Å². The van der Waals surface area contributed by atoms with Gasteiger partial charge in [0.15, 0.2) is 0 Å². The molecular weight excluding hydrogens is 396 g/mol. The van der Waals surface area contributed by atoms with E-state index in [9.17, 15) is 4.79 Å². The van der Waals surface area contributed by atoms with Crippen molar-refractivity contribution in [1.29, 1.82) is 0 Å². The second-order valence-corrected chi connectivity index (χ2v) is 9.86. The molecular formula is C27H34N4O. The SMILES string of the molecule is CN(C)C1CCC(Cc2[nH]cnc3cc4c(c2-3)C(C(=O)NCc2ccccc2)CC4)CC1. The molecule has 2 N–H and O–H groups in total. The number of hydrogen-bond donors (Lipinski definition) is 2. The molecule has 5 nitrogen and oxygen atoms in total. The number of aromatic nitrogens is 2. The number of H-pyrrole nitrogens is 1. The molecule has 1 aromatic rings. The topological polar surface area (TPSA) is 61.0 Å². The van der Waals surface area contributed by atoms with Gasteiger partial charge in [0, 0.05) is 23.8 Å². The molecule has 0 radical (unpaired) electrons. The number of hydrogen-bond acceptors (Lipinski definition) is 3. The summed E-state index contributed by atoms with van der Waals surface area (Å²) < 4.78 is 0. The average molecular weight is 431 g/mol. The largest absolute Gasteiger partial charge is 0.351 e. The van der Waals surface area contributed by atoms with Crippen LogP contribution >= 0.6 is 0 Å². The highest BCUT2D eigenvalue weighted by molar-refractivity contribution is 5.90. The lowest BCUT2D eigenvalue weighted by atomic mass is 9.82. The molecule has 1 unspecified atom stereocenters. The number of nitrogens with zero attached hydrogens (tertiary/aromatic N) is 2. The molecule has 5 heteroatoms. The Morgan fingerprint density at radius 1 is 1.12 bits per heavy atom. The third-order valence-electron chi connectivity index (χ3n) is 7.64. The molecule has 1 saturated carbocycles. The number of nitrogens with one attached hydrogen (secondary N) is 2. The minimum absolute atomic E-state index is 0.0768. The quantitative estimate of drug-likeness (QED) is 0.604. The highest BCUT2D eigenvalue weighted by Crippen LogP contribution is 2.45. The van der Waals surface area contributed by atoms with E-state index in [0.717, 1.165) is 30.5 Å². The Hall–Kier alpha value is -2.66. The number of carbonyl (C=O) groups is 1. The van der Waals surface area contributed by atoms with Gasteiger partial charge in [-0.3, -0.25) is 4.79 Å². The fourth-order valence-corrected chi connectivity index (χ4v) is 5.82. The summed E-state index contributed by atoms with van der Waals surface area (Å²) in [4.78, 5) is 23.6. The third-order valence-corrected chi connectivity index (χ3v) is 7.64. The fourth-order valence-electron chi connectivity index (χ4n) is 5.82. The number of benzene rings is 1. The minimum Gasteiger partial charge on any atom is -0.351 e. The van der Waals surface area contributed by atoms with E-state index in [1.54, 1.807) is 0 Å². The van der Waals surface area contributed by atoms with Gasteiger partial charge in [0.1, 0.15) is 0 Å². The lowest BCUT2D eigenvalue weighted by Gasteiger charge is -2.33. The van der Waals surface area contributed by atoms with Gasteiger partial charge < -0.3 is 15.2 Å². The van der Waals surface area contributed by atoms with Crippen LogP contribution in [0.3, 0.4) is 0 Å². The summed E-state index contributed by atoms with van der Waals surface area (Å²) in [6, 6.07) is 13.1. The summed E-state index contributed by atoms with van der Waals surface area (Å²) in [6.07, 6.45) is 9.82. The fraction of sp³-hybridized carbons (Fsp3) is 0.481. The van der Waals surface area contributed by atoms with Gasteiger partial charge in [-0.2, -0.15) is 0 Å². The molecule has 3 aliphatic carbocycles. The lowest BCUT2D eigenvalue weighted by Crippen LogP contribution is -2.32. The Kier molecular flexibility index (Phi) is 6.01. The van der Waals surface area contributed by atoms with E-state index in [0.29, 0.717) is 18.5 Å². The molecule has 1 aliphatic heterocycles. The third kappa shape index (κ3) is 4.18. The maximum absolute atomic E-state index is 13.2. The number of fused-ring (bicyclic) bond motifs is 3. The van der Waals surface area contributed by atoms with Crippen LogP contribution < -0.4 is 5.32 Å². The van der Waals surface area contributed by atoms with E-state index >= 15 is 0 Å². The molecule has 1 atom stereocenters. The number of rotatable bonds is 6. The first-order chi connectivity index (χ1) is 15.6. The molecule has 1 heterocycles. The lowest BCUT2D eigenvalue weighted by molar-refractivity contribution is -0.122. The van der Waals surface area contributed by atoms with E-state index < -0.39 is 0 Å². The van der Waals surface area contributed by atoms with Gasteiger partial charge in [-0.15, -0.1) is 0 Å². The van der Waals surface area contributed by atoms with Gasteiger partial charge in [0.05, 0.1) is 17.9 Å². The van der Waals surface area contributed by atoms with Crippen molar-refractivity contribution >= 4 is 5.91 Å². The van der Waals surface area contributed by atoms with E-state index in [1.807, 2.05) is 24.5 Å². The van der Waals surface area contributed by atoms with Crippen molar-refractivity contribution in [3.63, 3.8) is 0 Å². The van der Waals surface area contributed by atoms with Crippen LogP contribution in [0, 0.1) is 5.92 Å². The summed E-state index contributed by atoms with van der Waals surface area (Å²) in [6.45, 7) is 0.580. The first-order valence-electron chi connectivity index (χ1n) is 12.1. The van der Waals surface area contributed by atoms with Crippen molar-refractivity contribution in [2.45, 2.75) is 63.5 Å². The first kappa shape index (κ1) is 21.2. The van der Waals surface area contributed by atoms with E-state index in [4.69, 9.17) is 0 Å². The Morgan fingerprint density at radius 3 is 2.66 bits per heavy atom. The predicted molar refractivity (Wildman–Crippen MR) is 128 cm³/mol. The monoisotopic (exact) mass is 430 g/mol. The van der Waals surface area contributed by atoms with Crippen LogP contribution in [0.1, 0.15) is 60.4 Å². The zero-order valence-electron chi connectivity index (χ0n) is 19.2. The molecule has 5 rings (SSSR count). The molecule has 0 saturated heterocycles. The molecule has 0 spiro atoms. The van der Waals surface area contributed by atoms with Crippen LogP contribution in [0.4, 0.5) is 0 Å². The molecule has 1 aromatic carbocycles. The normalized spacial score (nSPS) is 22.9. The molecule has 32 heavy (non-hydrogen) atoms. The van der Waals surface area contributed by atoms with Gasteiger partial charge in [-0.05, 0) is 87.7 Å². The zero-order valence-corrected chi connectivity index (χ0v) is 19.2.